The normalized spacial score (nSPS) is 25.4. The summed E-state index contributed by atoms with van der Waals surface area (Å²) >= 11 is 1.57. The van der Waals surface area contributed by atoms with Crippen LogP contribution in [-0.2, 0) is 10.2 Å². The van der Waals surface area contributed by atoms with Crippen molar-refractivity contribution in [3.05, 3.63) is 23.2 Å². The standard InChI is InChI=1S/C23H29N9O2S2/c1-14-8-20(29-28-14)25-21-19-6-7-35-22(19)27-23(26-21)30(2)18-9-16-4-3-5-17(10-18)32(16)36(33,34)31-12-15(11-24)13-31/h6-8,15-18H,3-5,9-10,12-13H2,1-2H3,(H2,25,26,27,28,29). The molecule has 6 rings (SSSR count). The summed E-state index contributed by atoms with van der Waals surface area (Å²) in [6.07, 6.45) is 4.20. The lowest BCUT2D eigenvalue weighted by molar-refractivity contribution is 0.0930. The van der Waals surface area contributed by atoms with Gasteiger partial charge in [0.1, 0.15) is 10.6 Å². The Morgan fingerprint density at radius 2 is 2.00 bits per heavy atom. The molecule has 36 heavy (non-hydrogen) atoms. The summed E-state index contributed by atoms with van der Waals surface area (Å²) in [7, 11) is -1.55. The Morgan fingerprint density at radius 3 is 2.67 bits per heavy atom. The van der Waals surface area contributed by atoms with Gasteiger partial charge in [0.2, 0.25) is 5.95 Å². The van der Waals surface area contributed by atoms with E-state index in [0.29, 0.717) is 30.7 Å². The van der Waals surface area contributed by atoms with Gasteiger partial charge in [0.25, 0.3) is 10.2 Å². The van der Waals surface area contributed by atoms with Crippen LogP contribution in [0.2, 0.25) is 0 Å². The van der Waals surface area contributed by atoms with Crippen LogP contribution in [0.1, 0.15) is 37.8 Å². The fraction of sp³-hybridized carbons (Fsp3) is 0.565. The molecule has 0 radical (unpaired) electrons. The Balaban J connectivity index is 1.24. The van der Waals surface area contributed by atoms with Gasteiger partial charge < -0.3 is 10.2 Å². The molecule has 3 aromatic rings. The maximum Gasteiger partial charge on any atom is 0.282 e. The minimum absolute atomic E-state index is 0.0498. The summed E-state index contributed by atoms with van der Waals surface area (Å²) in [6.45, 7) is 2.56. The van der Waals surface area contributed by atoms with Gasteiger partial charge in [-0.1, -0.05) is 6.42 Å². The molecule has 13 heteroatoms. The van der Waals surface area contributed by atoms with Crippen molar-refractivity contribution >= 4 is 49.3 Å². The molecule has 2 bridgehead atoms. The van der Waals surface area contributed by atoms with Crippen molar-refractivity contribution in [2.75, 3.05) is 30.4 Å². The van der Waals surface area contributed by atoms with Gasteiger partial charge in [-0.3, -0.25) is 5.10 Å². The summed E-state index contributed by atoms with van der Waals surface area (Å²) in [5.41, 5.74) is 0.958. The Bertz CT molecular complexity index is 1410. The first-order chi connectivity index (χ1) is 17.3. The molecule has 0 amide bonds. The van der Waals surface area contributed by atoms with Gasteiger partial charge in [0, 0.05) is 50.0 Å². The quantitative estimate of drug-likeness (QED) is 0.500. The predicted octanol–water partition coefficient (Wildman–Crippen LogP) is 2.99. The second kappa shape index (κ2) is 8.95. The van der Waals surface area contributed by atoms with Gasteiger partial charge in [0.15, 0.2) is 5.82 Å². The average molecular weight is 528 g/mol. The second-order valence-corrected chi connectivity index (χ2v) is 12.8. The van der Waals surface area contributed by atoms with E-state index >= 15 is 0 Å². The van der Waals surface area contributed by atoms with Crippen LogP contribution in [0.3, 0.4) is 0 Å². The molecule has 3 aliphatic rings. The minimum Gasteiger partial charge on any atom is -0.341 e. The Labute approximate surface area is 214 Å². The molecule has 11 nitrogen and oxygen atoms in total. The second-order valence-electron chi connectivity index (χ2n) is 10.0. The summed E-state index contributed by atoms with van der Waals surface area (Å²) in [5.74, 6) is 1.84. The number of aromatic amines is 1. The Morgan fingerprint density at radius 1 is 1.25 bits per heavy atom. The van der Waals surface area contributed by atoms with Crippen LogP contribution in [0.25, 0.3) is 10.2 Å². The molecule has 0 aromatic carbocycles. The molecule has 3 aliphatic heterocycles. The van der Waals surface area contributed by atoms with Crippen molar-refractivity contribution in [3.63, 3.8) is 0 Å². The predicted molar refractivity (Wildman–Crippen MR) is 138 cm³/mol. The minimum atomic E-state index is -3.55. The van der Waals surface area contributed by atoms with Gasteiger partial charge >= 0.3 is 0 Å². The number of H-pyrrole nitrogens is 1. The first kappa shape index (κ1) is 23.6. The average Bonchev–Trinajstić information content (AvgIpc) is 3.45. The lowest BCUT2D eigenvalue weighted by Gasteiger charge is -2.51. The van der Waals surface area contributed by atoms with Crippen LogP contribution in [0.4, 0.5) is 17.6 Å². The first-order valence-electron chi connectivity index (χ1n) is 12.3. The van der Waals surface area contributed by atoms with E-state index in [0.717, 1.165) is 48.0 Å². The maximum atomic E-state index is 13.4. The zero-order valence-electron chi connectivity index (χ0n) is 20.3. The van der Waals surface area contributed by atoms with Crippen LogP contribution in [0.15, 0.2) is 17.5 Å². The van der Waals surface area contributed by atoms with Crippen molar-refractivity contribution in [2.24, 2.45) is 5.92 Å². The molecule has 3 aromatic heterocycles. The van der Waals surface area contributed by atoms with Crippen LogP contribution >= 0.6 is 11.3 Å². The van der Waals surface area contributed by atoms with Crippen molar-refractivity contribution in [1.29, 1.82) is 5.26 Å². The molecule has 2 atom stereocenters. The monoisotopic (exact) mass is 527 g/mol. The summed E-state index contributed by atoms with van der Waals surface area (Å²) < 4.78 is 30.1. The molecule has 3 fully saturated rings. The highest BCUT2D eigenvalue weighted by Crippen LogP contribution is 2.40. The zero-order chi connectivity index (χ0) is 25.0. The molecule has 6 heterocycles. The van der Waals surface area contributed by atoms with Gasteiger partial charge in [-0.25, -0.2) is 4.98 Å². The third-order valence-corrected chi connectivity index (χ3v) is 10.5. The maximum absolute atomic E-state index is 13.4. The Kier molecular flexibility index (Phi) is 5.87. The lowest BCUT2D eigenvalue weighted by Crippen LogP contribution is -2.64. The number of rotatable bonds is 6. The van der Waals surface area contributed by atoms with Crippen molar-refractivity contribution in [3.8, 4) is 6.07 Å². The molecule has 0 saturated carbocycles. The number of hydrogen-bond acceptors (Lipinski definition) is 9. The van der Waals surface area contributed by atoms with Crippen LogP contribution in [0, 0.1) is 24.2 Å². The molecule has 0 aliphatic carbocycles. The molecule has 190 valence electrons. The van der Waals surface area contributed by atoms with Crippen LogP contribution in [0.5, 0.6) is 0 Å². The van der Waals surface area contributed by atoms with E-state index in [-0.39, 0.29) is 24.0 Å². The fourth-order valence-electron chi connectivity index (χ4n) is 5.71. The molecular weight excluding hydrogens is 498 g/mol. The zero-order valence-corrected chi connectivity index (χ0v) is 21.9. The fourth-order valence-corrected chi connectivity index (χ4v) is 8.61. The first-order valence-corrected chi connectivity index (χ1v) is 14.6. The van der Waals surface area contributed by atoms with Crippen molar-refractivity contribution in [2.45, 2.75) is 57.2 Å². The number of fused-ring (bicyclic) bond motifs is 3. The van der Waals surface area contributed by atoms with E-state index in [2.05, 4.69) is 26.5 Å². The summed E-state index contributed by atoms with van der Waals surface area (Å²) in [5, 5.41) is 22.6. The van der Waals surface area contributed by atoms with E-state index in [1.165, 1.54) is 4.31 Å². The highest BCUT2D eigenvalue weighted by molar-refractivity contribution is 7.86. The van der Waals surface area contributed by atoms with Gasteiger partial charge in [-0.15, -0.1) is 11.3 Å². The van der Waals surface area contributed by atoms with Crippen molar-refractivity contribution in [1.82, 2.24) is 28.8 Å². The summed E-state index contributed by atoms with van der Waals surface area (Å²) in [4.78, 5) is 12.7. The molecular formula is C23H29N9O2S2. The highest BCUT2D eigenvalue weighted by atomic mass is 32.2. The third-order valence-electron chi connectivity index (χ3n) is 7.63. The van der Waals surface area contributed by atoms with Gasteiger partial charge in [-0.2, -0.15) is 32.4 Å². The number of hydrogen-bond donors (Lipinski definition) is 2. The van der Waals surface area contributed by atoms with Gasteiger partial charge in [0.05, 0.1) is 17.4 Å². The smallest absolute Gasteiger partial charge is 0.282 e. The van der Waals surface area contributed by atoms with E-state index in [1.807, 2.05) is 31.5 Å². The van der Waals surface area contributed by atoms with E-state index in [4.69, 9.17) is 15.2 Å². The number of piperidine rings is 2. The third kappa shape index (κ3) is 4.02. The molecule has 0 spiro atoms. The Hall–Kier alpha value is -2.79. The number of aryl methyl sites for hydroxylation is 1. The number of anilines is 3. The van der Waals surface area contributed by atoms with Crippen LogP contribution in [-0.4, -0.2) is 75.5 Å². The van der Waals surface area contributed by atoms with Crippen molar-refractivity contribution < 1.29 is 8.42 Å². The topological polar surface area (TPSA) is 134 Å². The van der Waals surface area contributed by atoms with E-state index in [9.17, 15) is 8.42 Å². The van der Waals surface area contributed by atoms with Crippen LogP contribution < -0.4 is 10.2 Å². The highest BCUT2D eigenvalue weighted by Gasteiger charge is 2.50. The molecule has 2 unspecified atom stereocenters. The number of nitriles is 1. The number of nitrogens with zero attached hydrogens (tertiary/aromatic N) is 7. The number of nitrogens with one attached hydrogen (secondary N) is 2. The van der Waals surface area contributed by atoms with Gasteiger partial charge in [-0.05, 0) is 44.1 Å². The summed E-state index contributed by atoms with van der Waals surface area (Å²) in [6, 6.07) is 6.14. The van der Waals surface area contributed by atoms with E-state index < -0.39 is 10.2 Å². The number of aromatic nitrogens is 4. The largest absolute Gasteiger partial charge is 0.341 e. The SMILES string of the molecule is Cc1cc(Nc2nc(N(C)C3CC4CCCC(C3)N4S(=O)(=O)N3CC(C#N)C3)nc3sccc23)n[nH]1. The number of thiophene rings is 1. The molecule has 2 N–H and O–H groups in total. The lowest BCUT2D eigenvalue weighted by atomic mass is 9.83. The molecule has 3 saturated heterocycles. The van der Waals surface area contributed by atoms with E-state index in [1.54, 1.807) is 15.6 Å².